The fourth-order valence-corrected chi connectivity index (χ4v) is 9.17. The number of halogens is 6. The van der Waals surface area contributed by atoms with Gasteiger partial charge in [-0.1, -0.05) is 32.6 Å². The second-order valence-electron chi connectivity index (χ2n) is 14.4. The summed E-state index contributed by atoms with van der Waals surface area (Å²) in [6, 6.07) is 0. The molecule has 0 radical (unpaired) electrons. The van der Waals surface area contributed by atoms with E-state index in [0.717, 1.165) is 57.3 Å². The summed E-state index contributed by atoms with van der Waals surface area (Å²) in [6.45, 7) is 12.3. The van der Waals surface area contributed by atoms with Crippen molar-refractivity contribution in [1.29, 1.82) is 0 Å². The smallest absolute Gasteiger partial charge is 0.394 e. The van der Waals surface area contributed by atoms with Crippen LogP contribution in [0.1, 0.15) is 90.9 Å². The Kier molecular flexibility index (Phi) is 10.8. The first-order valence-corrected chi connectivity index (χ1v) is 19.0. The van der Waals surface area contributed by atoms with Crippen molar-refractivity contribution in [2.45, 2.75) is 128 Å². The van der Waals surface area contributed by atoms with Crippen molar-refractivity contribution in [3.63, 3.8) is 0 Å². The van der Waals surface area contributed by atoms with E-state index in [2.05, 4.69) is 20.4 Å². The van der Waals surface area contributed by atoms with Crippen molar-refractivity contribution >= 4 is 20.4 Å². The third-order valence-corrected chi connectivity index (χ3v) is 11.2. The molecule has 0 N–H and O–H groups in total. The minimum Gasteiger partial charge on any atom is -0.394 e. The number of fused-ring (bicyclic) bond motifs is 1. The standard InChI is InChI=1S/C22H32F6O2Si.C11H16O/c1-18-10-5-7-16(29)15(18)8-9-17(18)19(13-14-19)11-6-12-20(21(23,24)25,22(26,27)28)30-31(2,3)4;1-9-5-3-6-11(10(9)2)7-4-8-12/h6,12,15,17H,5,7-11,13-14H2,1-4H3;7-9H,2-6H2,1H3/b12-6-;11-7-/t15?,17-,18-;9-/m00/s1. The summed E-state index contributed by atoms with van der Waals surface area (Å²) in [5.74, 6) is 1.01. The van der Waals surface area contributed by atoms with Gasteiger partial charge in [0.05, 0.1) is 0 Å². The predicted molar refractivity (Wildman–Crippen MR) is 159 cm³/mol. The minimum absolute atomic E-state index is 0.0210. The molecule has 0 aromatic rings. The van der Waals surface area contributed by atoms with Gasteiger partial charge in [0.15, 0.2) is 8.32 Å². The molecule has 4 aliphatic carbocycles. The summed E-state index contributed by atoms with van der Waals surface area (Å²) in [5.41, 5.74) is -2.24. The number of hydrogen-bond acceptors (Lipinski definition) is 3. The van der Waals surface area contributed by atoms with E-state index in [1.54, 1.807) is 0 Å². The van der Waals surface area contributed by atoms with Crippen LogP contribution in [-0.2, 0) is 14.0 Å². The zero-order valence-electron chi connectivity index (χ0n) is 26.2. The number of alkyl halides is 6. The Morgan fingerprint density at radius 2 is 1.60 bits per heavy atom. The van der Waals surface area contributed by atoms with Gasteiger partial charge in [-0.15, -0.1) is 0 Å². The fourth-order valence-electron chi connectivity index (χ4n) is 7.91. The van der Waals surface area contributed by atoms with Crippen LogP contribution in [0.4, 0.5) is 26.3 Å². The van der Waals surface area contributed by atoms with E-state index in [1.807, 2.05) is 6.08 Å². The molecule has 0 amide bonds. The van der Waals surface area contributed by atoms with Gasteiger partial charge in [0, 0.05) is 18.8 Å². The molecule has 0 spiro atoms. The van der Waals surface area contributed by atoms with E-state index in [9.17, 15) is 35.9 Å². The highest BCUT2D eigenvalue weighted by molar-refractivity contribution is 6.69. The maximum Gasteiger partial charge on any atom is 0.429 e. The Hall–Kier alpha value is -1.68. The summed E-state index contributed by atoms with van der Waals surface area (Å²) in [6.07, 6.45) is 2.72. The van der Waals surface area contributed by atoms with E-state index < -0.39 is 26.3 Å². The van der Waals surface area contributed by atoms with Gasteiger partial charge in [-0.05, 0) is 124 Å². The van der Waals surface area contributed by atoms with Crippen molar-refractivity contribution < 1.29 is 40.4 Å². The Labute approximate surface area is 253 Å². The monoisotopic (exact) mass is 634 g/mol. The van der Waals surface area contributed by atoms with Crippen molar-refractivity contribution in [3.05, 3.63) is 36.0 Å². The Bertz CT molecular complexity index is 1080. The molecule has 4 saturated carbocycles. The summed E-state index contributed by atoms with van der Waals surface area (Å²) in [7, 11) is -3.19. The van der Waals surface area contributed by atoms with Crippen LogP contribution in [0.5, 0.6) is 0 Å². The summed E-state index contributed by atoms with van der Waals surface area (Å²) in [4.78, 5) is 22.6. The van der Waals surface area contributed by atoms with Crippen molar-refractivity contribution in [1.82, 2.24) is 0 Å². The number of allylic oxidation sites excluding steroid dienone is 4. The van der Waals surface area contributed by atoms with Crippen LogP contribution in [0, 0.1) is 28.6 Å². The lowest BCUT2D eigenvalue weighted by atomic mass is 9.60. The van der Waals surface area contributed by atoms with Gasteiger partial charge >= 0.3 is 12.4 Å². The molecule has 4 aliphatic rings. The maximum absolute atomic E-state index is 13.8. The van der Waals surface area contributed by atoms with E-state index in [-0.39, 0.29) is 40.9 Å². The normalized spacial score (nSPS) is 30.7. The van der Waals surface area contributed by atoms with E-state index in [1.165, 1.54) is 43.6 Å². The van der Waals surface area contributed by atoms with Crippen molar-refractivity contribution in [2.24, 2.45) is 28.6 Å². The Morgan fingerprint density at radius 3 is 2.14 bits per heavy atom. The van der Waals surface area contributed by atoms with Crippen LogP contribution in [0.15, 0.2) is 36.0 Å². The molecule has 4 fully saturated rings. The Balaban J connectivity index is 0.000000353. The van der Waals surface area contributed by atoms with Crippen LogP contribution in [0.2, 0.25) is 19.6 Å². The van der Waals surface area contributed by atoms with Gasteiger partial charge in [0.1, 0.15) is 12.1 Å². The largest absolute Gasteiger partial charge is 0.429 e. The Morgan fingerprint density at radius 1 is 0.977 bits per heavy atom. The summed E-state index contributed by atoms with van der Waals surface area (Å²) in [5, 5.41) is 0. The highest BCUT2D eigenvalue weighted by Crippen LogP contribution is 2.68. The average Bonchev–Trinajstić information content (AvgIpc) is 3.55. The van der Waals surface area contributed by atoms with Crippen LogP contribution < -0.4 is 0 Å². The zero-order chi connectivity index (χ0) is 32.5. The minimum atomic E-state index is -5.61. The molecule has 0 aliphatic heterocycles. The maximum atomic E-state index is 13.8. The highest BCUT2D eigenvalue weighted by atomic mass is 28.4. The molecule has 244 valence electrons. The quantitative estimate of drug-likeness (QED) is 0.116. The molecule has 10 heteroatoms. The number of ketones is 1. The molecule has 4 atom stereocenters. The molecular formula is C33H48F6O3Si. The third-order valence-electron chi connectivity index (χ3n) is 10.2. The van der Waals surface area contributed by atoms with E-state index in [4.69, 9.17) is 4.43 Å². The molecule has 0 aromatic carbocycles. The van der Waals surface area contributed by atoms with Gasteiger partial charge in [0.25, 0.3) is 5.60 Å². The lowest BCUT2D eigenvalue weighted by molar-refractivity contribution is -0.340. The third kappa shape index (κ3) is 7.76. The second kappa shape index (κ2) is 13.0. The number of Topliss-reactive ketones (excluding diaryl/α,β-unsaturated/α-hetero) is 1. The molecule has 0 bridgehead atoms. The van der Waals surface area contributed by atoms with Crippen LogP contribution >= 0.6 is 0 Å². The van der Waals surface area contributed by atoms with Gasteiger partial charge in [-0.25, -0.2) is 0 Å². The topological polar surface area (TPSA) is 43.4 Å². The molecule has 0 saturated heterocycles. The van der Waals surface area contributed by atoms with Crippen LogP contribution in [0.3, 0.4) is 0 Å². The lowest BCUT2D eigenvalue weighted by Crippen LogP contribution is -2.61. The fraction of sp³-hybridized carbons (Fsp3) is 0.758. The van der Waals surface area contributed by atoms with Crippen molar-refractivity contribution in [2.75, 3.05) is 0 Å². The first-order valence-electron chi connectivity index (χ1n) is 15.6. The van der Waals surface area contributed by atoms with Gasteiger partial charge in [-0.3, -0.25) is 4.79 Å². The number of rotatable bonds is 8. The molecular weight excluding hydrogens is 586 g/mol. The summed E-state index contributed by atoms with van der Waals surface area (Å²) >= 11 is 0. The van der Waals surface area contributed by atoms with Gasteiger partial charge in [0.2, 0.25) is 0 Å². The number of hydrogen-bond donors (Lipinski definition) is 0. The summed E-state index contributed by atoms with van der Waals surface area (Å²) < 4.78 is 87.3. The van der Waals surface area contributed by atoms with Crippen LogP contribution in [0.25, 0.3) is 0 Å². The van der Waals surface area contributed by atoms with E-state index >= 15 is 0 Å². The van der Waals surface area contributed by atoms with Crippen LogP contribution in [-0.4, -0.2) is 38.3 Å². The van der Waals surface area contributed by atoms with E-state index in [0.29, 0.717) is 18.8 Å². The average molecular weight is 635 g/mol. The number of carbonyl (C=O) groups is 2. The number of carbonyl (C=O) groups excluding carboxylic acids is 2. The molecule has 4 rings (SSSR count). The molecule has 3 nitrogen and oxygen atoms in total. The zero-order valence-corrected chi connectivity index (χ0v) is 27.2. The molecule has 0 aromatic heterocycles. The first kappa shape index (κ1) is 35.8. The molecule has 1 unspecified atom stereocenters. The second-order valence-corrected chi connectivity index (χ2v) is 18.8. The highest BCUT2D eigenvalue weighted by Gasteiger charge is 2.72. The van der Waals surface area contributed by atoms with Gasteiger partial charge in [-0.2, -0.15) is 26.3 Å². The number of aldehydes is 1. The van der Waals surface area contributed by atoms with Crippen molar-refractivity contribution in [3.8, 4) is 0 Å². The lowest BCUT2D eigenvalue weighted by Gasteiger charge is -2.43. The first-order chi connectivity index (χ1) is 19.7. The SMILES string of the molecule is C=C1/C(=C\CC=O)CCC[C@@H]1C.C[C@]12CCCC(=O)C1CC[C@@H]2C1(C/C=C\C(O[Si](C)(C)C)(C(F)(F)F)C(F)(F)F)CC1. The molecule has 43 heavy (non-hydrogen) atoms. The van der Waals surface area contributed by atoms with Gasteiger partial charge < -0.3 is 9.22 Å². The predicted octanol–water partition coefficient (Wildman–Crippen LogP) is 10.1. The molecule has 0 heterocycles.